The predicted molar refractivity (Wildman–Crippen MR) is 48.5 cm³/mol. The number of aromatic nitrogens is 1. The Balaban J connectivity index is 2.19. The van der Waals surface area contributed by atoms with Gasteiger partial charge in [0.2, 0.25) is 0 Å². The number of rotatable bonds is 2. The van der Waals surface area contributed by atoms with E-state index in [0.717, 1.165) is 5.76 Å². The fourth-order valence-corrected chi connectivity index (χ4v) is 1.13. The van der Waals surface area contributed by atoms with Gasteiger partial charge in [-0.15, -0.1) is 0 Å². The molecule has 2 aromatic heterocycles. The van der Waals surface area contributed by atoms with Crippen molar-refractivity contribution in [1.29, 1.82) is 0 Å². The Labute approximate surface area is 75.2 Å². The summed E-state index contributed by atoms with van der Waals surface area (Å²) in [5, 5.41) is 0. The van der Waals surface area contributed by atoms with Crippen LogP contribution in [0.25, 0.3) is 0 Å². The normalized spacial score (nSPS) is 10.2. The average molecular weight is 175 g/mol. The molecule has 0 saturated carbocycles. The van der Waals surface area contributed by atoms with Gasteiger partial charge in [-0.1, -0.05) is 0 Å². The van der Waals surface area contributed by atoms with Gasteiger partial charge in [0.25, 0.3) is 0 Å². The summed E-state index contributed by atoms with van der Waals surface area (Å²) in [7, 11) is 0. The third kappa shape index (κ3) is 1.87. The van der Waals surface area contributed by atoms with Crippen LogP contribution in [-0.4, -0.2) is 4.57 Å². The largest absolute Gasteiger partial charge is 0.467 e. The van der Waals surface area contributed by atoms with E-state index in [9.17, 15) is 4.79 Å². The lowest BCUT2D eigenvalue weighted by molar-refractivity contribution is 0.493. The van der Waals surface area contributed by atoms with Gasteiger partial charge in [-0.05, 0) is 12.1 Å². The van der Waals surface area contributed by atoms with Gasteiger partial charge in [-0.25, -0.2) is 0 Å². The lowest BCUT2D eigenvalue weighted by Crippen LogP contribution is -2.03. The Morgan fingerprint density at radius 1 is 1.23 bits per heavy atom. The molecular weight excluding hydrogens is 166 g/mol. The Hall–Kier alpha value is -1.77. The molecule has 0 aromatic carbocycles. The maximum Gasteiger partial charge on any atom is 0.181 e. The third-order valence-electron chi connectivity index (χ3n) is 1.78. The highest BCUT2D eigenvalue weighted by Gasteiger charge is 1.94. The first-order valence-electron chi connectivity index (χ1n) is 4.03. The van der Waals surface area contributed by atoms with Crippen molar-refractivity contribution in [3.63, 3.8) is 0 Å². The summed E-state index contributed by atoms with van der Waals surface area (Å²) in [5.41, 5.74) is 0.0238. The van der Waals surface area contributed by atoms with Crippen molar-refractivity contribution in [3.8, 4) is 0 Å². The third-order valence-corrected chi connectivity index (χ3v) is 1.78. The SMILES string of the molecule is O=c1ccn(Cc2ccco2)cc1. The lowest BCUT2D eigenvalue weighted by atomic mass is 10.4. The van der Waals surface area contributed by atoms with Gasteiger partial charge in [0.15, 0.2) is 5.43 Å². The quantitative estimate of drug-likeness (QED) is 0.693. The van der Waals surface area contributed by atoms with Crippen LogP contribution in [0.15, 0.2) is 52.1 Å². The first-order valence-corrected chi connectivity index (χ1v) is 4.03. The Kier molecular flexibility index (Phi) is 2.00. The minimum absolute atomic E-state index is 0.0238. The fraction of sp³-hybridized carbons (Fsp3) is 0.100. The number of hydrogen-bond donors (Lipinski definition) is 0. The molecule has 0 radical (unpaired) electrons. The maximum absolute atomic E-state index is 10.8. The zero-order valence-electron chi connectivity index (χ0n) is 7.01. The van der Waals surface area contributed by atoms with Gasteiger partial charge in [-0.3, -0.25) is 4.79 Å². The van der Waals surface area contributed by atoms with Crippen molar-refractivity contribution in [3.05, 3.63) is 58.9 Å². The Bertz CT molecular complexity index is 408. The zero-order valence-corrected chi connectivity index (χ0v) is 7.01. The molecule has 0 aliphatic heterocycles. The molecule has 0 N–H and O–H groups in total. The van der Waals surface area contributed by atoms with Crippen molar-refractivity contribution in [2.24, 2.45) is 0 Å². The number of furan rings is 1. The maximum atomic E-state index is 10.8. The van der Waals surface area contributed by atoms with Gasteiger partial charge < -0.3 is 8.98 Å². The van der Waals surface area contributed by atoms with Crippen LogP contribution in [-0.2, 0) is 6.54 Å². The molecule has 0 aliphatic carbocycles. The highest BCUT2D eigenvalue weighted by atomic mass is 16.3. The summed E-state index contributed by atoms with van der Waals surface area (Å²) in [5.74, 6) is 0.878. The average Bonchev–Trinajstić information content (AvgIpc) is 2.62. The highest BCUT2D eigenvalue weighted by molar-refractivity contribution is 5.01. The molecule has 0 fully saturated rings. The molecule has 2 aromatic rings. The van der Waals surface area contributed by atoms with Crippen LogP contribution in [0.5, 0.6) is 0 Å². The Morgan fingerprint density at radius 3 is 2.62 bits per heavy atom. The number of hydrogen-bond acceptors (Lipinski definition) is 2. The summed E-state index contributed by atoms with van der Waals surface area (Å²) >= 11 is 0. The molecule has 66 valence electrons. The molecule has 3 nitrogen and oxygen atoms in total. The Morgan fingerprint density at radius 2 is 2.00 bits per heavy atom. The highest BCUT2D eigenvalue weighted by Crippen LogP contribution is 2.01. The monoisotopic (exact) mass is 175 g/mol. The van der Waals surface area contributed by atoms with Crippen LogP contribution in [0.1, 0.15) is 5.76 Å². The molecule has 0 amide bonds. The first kappa shape index (κ1) is 7.86. The summed E-state index contributed by atoms with van der Waals surface area (Å²) < 4.78 is 7.06. The van der Waals surface area contributed by atoms with Crippen LogP contribution in [0.3, 0.4) is 0 Å². The van der Waals surface area contributed by atoms with E-state index in [2.05, 4.69) is 0 Å². The number of nitrogens with zero attached hydrogens (tertiary/aromatic N) is 1. The summed E-state index contributed by atoms with van der Waals surface area (Å²) in [6, 6.07) is 6.81. The second kappa shape index (κ2) is 3.31. The van der Waals surface area contributed by atoms with E-state index in [1.54, 1.807) is 18.7 Å². The minimum Gasteiger partial charge on any atom is -0.467 e. The van der Waals surface area contributed by atoms with Gasteiger partial charge >= 0.3 is 0 Å². The topological polar surface area (TPSA) is 35.1 Å². The molecule has 0 atom stereocenters. The van der Waals surface area contributed by atoms with Crippen LogP contribution < -0.4 is 5.43 Å². The van der Waals surface area contributed by atoms with Crippen molar-refractivity contribution >= 4 is 0 Å². The fourth-order valence-electron chi connectivity index (χ4n) is 1.13. The molecule has 2 heterocycles. The molecule has 0 unspecified atom stereocenters. The van der Waals surface area contributed by atoms with Crippen LogP contribution in [0, 0.1) is 0 Å². The van der Waals surface area contributed by atoms with Crippen molar-refractivity contribution < 1.29 is 4.42 Å². The van der Waals surface area contributed by atoms with Gasteiger partial charge in [0.05, 0.1) is 12.8 Å². The smallest absolute Gasteiger partial charge is 0.181 e. The second-order valence-electron chi connectivity index (χ2n) is 2.79. The van der Waals surface area contributed by atoms with E-state index in [0.29, 0.717) is 6.54 Å². The molecule has 0 spiro atoms. The summed E-state index contributed by atoms with van der Waals surface area (Å²) in [6.45, 7) is 0.660. The van der Waals surface area contributed by atoms with Crippen molar-refractivity contribution in [1.82, 2.24) is 4.57 Å². The van der Waals surface area contributed by atoms with E-state index in [-0.39, 0.29) is 5.43 Å². The van der Waals surface area contributed by atoms with E-state index in [1.165, 1.54) is 12.1 Å². The molecule has 0 saturated heterocycles. The van der Waals surface area contributed by atoms with E-state index < -0.39 is 0 Å². The summed E-state index contributed by atoms with van der Waals surface area (Å²) in [4.78, 5) is 10.8. The molecule has 0 aliphatic rings. The van der Waals surface area contributed by atoms with Crippen molar-refractivity contribution in [2.75, 3.05) is 0 Å². The van der Waals surface area contributed by atoms with Crippen molar-refractivity contribution in [2.45, 2.75) is 6.54 Å². The van der Waals surface area contributed by atoms with Crippen LogP contribution >= 0.6 is 0 Å². The standard InChI is InChI=1S/C10H9NO2/c12-9-3-5-11(6-4-9)8-10-2-1-7-13-10/h1-7H,8H2. The first-order chi connectivity index (χ1) is 6.34. The minimum atomic E-state index is 0.0238. The summed E-state index contributed by atoms with van der Waals surface area (Å²) in [6.07, 6.45) is 5.12. The predicted octanol–water partition coefficient (Wildman–Crippen LogP) is 1.49. The molecular formula is C10H9NO2. The van der Waals surface area contributed by atoms with Crippen LogP contribution in [0.2, 0.25) is 0 Å². The van der Waals surface area contributed by atoms with E-state index in [4.69, 9.17) is 4.42 Å². The van der Waals surface area contributed by atoms with Crippen LogP contribution in [0.4, 0.5) is 0 Å². The zero-order chi connectivity index (χ0) is 9.10. The van der Waals surface area contributed by atoms with Gasteiger partial charge in [0, 0.05) is 24.5 Å². The number of pyridine rings is 1. The molecule has 13 heavy (non-hydrogen) atoms. The van der Waals surface area contributed by atoms with Gasteiger partial charge in [-0.2, -0.15) is 0 Å². The van der Waals surface area contributed by atoms with E-state index in [1.807, 2.05) is 16.7 Å². The lowest BCUT2D eigenvalue weighted by Gasteiger charge is -2.01. The molecule has 3 heteroatoms. The van der Waals surface area contributed by atoms with E-state index >= 15 is 0 Å². The van der Waals surface area contributed by atoms with Gasteiger partial charge in [0.1, 0.15) is 5.76 Å². The second-order valence-corrected chi connectivity index (χ2v) is 2.79. The molecule has 0 bridgehead atoms. The molecule has 2 rings (SSSR count).